The van der Waals surface area contributed by atoms with E-state index in [-0.39, 0.29) is 0 Å². The number of hydrogen-bond acceptors (Lipinski definition) is 3. The Morgan fingerprint density at radius 2 is 1.04 bits per heavy atom. The van der Waals surface area contributed by atoms with Crippen LogP contribution >= 0.6 is 0 Å². The zero-order valence-electron chi connectivity index (χ0n) is 26.7. The number of fused-ring (bicyclic) bond motifs is 9. The van der Waals surface area contributed by atoms with Crippen molar-refractivity contribution in [2.75, 3.05) is 0 Å². The molecule has 7 aromatic carbocycles. The summed E-state index contributed by atoms with van der Waals surface area (Å²) in [6.45, 7) is 2.17. The highest BCUT2D eigenvalue weighted by Gasteiger charge is 2.22. The Hall–Kier alpha value is -6.59. The average molecular weight is 628 g/mol. The standard InChI is InChI=1S/C44H29N5/c1-28-12-8-11-19-36(28)48-27-26-30-20-22-34-35(41(30)48)23-25-38-40(34)39-33-18-10-9-13-29(33)21-24-37(39)49(38)44-46-42(31-14-4-2-5-15-31)45-43(47-44)32-16-6-3-7-17-32/h2-27H,1H3. The number of para-hydroxylation sites is 1. The molecule has 0 saturated carbocycles. The van der Waals surface area contributed by atoms with Gasteiger partial charge in [-0.15, -0.1) is 0 Å². The minimum Gasteiger partial charge on any atom is -0.316 e. The molecule has 3 aromatic heterocycles. The highest BCUT2D eigenvalue weighted by Crippen LogP contribution is 2.42. The van der Waals surface area contributed by atoms with Crippen molar-refractivity contribution in [3.63, 3.8) is 0 Å². The molecule has 0 atom stereocenters. The molecule has 49 heavy (non-hydrogen) atoms. The van der Waals surface area contributed by atoms with E-state index in [9.17, 15) is 0 Å². The molecule has 0 aliphatic heterocycles. The Kier molecular flexibility index (Phi) is 6.02. The molecule has 0 fully saturated rings. The van der Waals surface area contributed by atoms with Gasteiger partial charge in [0.05, 0.1) is 16.6 Å². The third-order valence-corrected chi connectivity index (χ3v) is 9.73. The Bertz CT molecular complexity index is 2830. The molecule has 0 aliphatic rings. The first-order valence-electron chi connectivity index (χ1n) is 16.5. The van der Waals surface area contributed by atoms with E-state index in [1.54, 1.807) is 0 Å². The Morgan fingerprint density at radius 3 is 1.78 bits per heavy atom. The maximum absolute atomic E-state index is 5.17. The van der Waals surface area contributed by atoms with Crippen LogP contribution in [-0.4, -0.2) is 24.1 Å². The van der Waals surface area contributed by atoms with Gasteiger partial charge < -0.3 is 4.57 Å². The van der Waals surface area contributed by atoms with Gasteiger partial charge in [-0.2, -0.15) is 9.97 Å². The second-order valence-corrected chi connectivity index (χ2v) is 12.6. The molecular weight excluding hydrogens is 599 g/mol. The van der Waals surface area contributed by atoms with Crippen molar-refractivity contribution in [3.05, 3.63) is 163 Å². The van der Waals surface area contributed by atoms with E-state index in [0.29, 0.717) is 17.6 Å². The SMILES string of the molecule is Cc1ccccc1-n1ccc2ccc3c(ccc4c3c3c5ccccc5ccc3n4-c3nc(-c4ccccc4)nc(-c4ccccc4)n3)c21. The lowest BCUT2D eigenvalue weighted by Crippen LogP contribution is -2.06. The van der Waals surface area contributed by atoms with Crippen molar-refractivity contribution in [1.82, 2.24) is 24.1 Å². The molecular formula is C44H29N5. The summed E-state index contributed by atoms with van der Waals surface area (Å²) >= 11 is 0. The second-order valence-electron chi connectivity index (χ2n) is 12.6. The van der Waals surface area contributed by atoms with Gasteiger partial charge in [0.15, 0.2) is 11.6 Å². The van der Waals surface area contributed by atoms with Crippen molar-refractivity contribution in [2.45, 2.75) is 6.92 Å². The lowest BCUT2D eigenvalue weighted by atomic mass is 9.98. The van der Waals surface area contributed by atoms with E-state index in [1.807, 2.05) is 36.4 Å². The number of nitrogens with zero attached hydrogens (tertiary/aromatic N) is 5. The second kappa shape index (κ2) is 10.7. The highest BCUT2D eigenvalue weighted by molar-refractivity contribution is 6.30. The normalized spacial score (nSPS) is 11.8. The van der Waals surface area contributed by atoms with Gasteiger partial charge in [-0.05, 0) is 52.9 Å². The summed E-state index contributed by atoms with van der Waals surface area (Å²) in [7, 11) is 0. The molecule has 10 aromatic rings. The lowest BCUT2D eigenvalue weighted by Gasteiger charge is -2.12. The lowest BCUT2D eigenvalue weighted by molar-refractivity contribution is 0.954. The maximum Gasteiger partial charge on any atom is 0.238 e. The van der Waals surface area contributed by atoms with Crippen LogP contribution < -0.4 is 0 Å². The van der Waals surface area contributed by atoms with Crippen molar-refractivity contribution >= 4 is 54.3 Å². The number of rotatable bonds is 4. The molecule has 5 nitrogen and oxygen atoms in total. The zero-order valence-corrected chi connectivity index (χ0v) is 26.7. The summed E-state index contributed by atoms with van der Waals surface area (Å²) in [5.41, 5.74) is 7.62. The van der Waals surface area contributed by atoms with Crippen LogP contribution in [0.2, 0.25) is 0 Å². The van der Waals surface area contributed by atoms with Gasteiger partial charge in [-0.25, -0.2) is 4.98 Å². The molecule has 10 rings (SSSR count). The zero-order chi connectivity index (χ0) is 32.5. The van der Waals surface area contributed by atoms with Crippen LogP contribution in [0.15, 0.2) is 158 Å². The summed E-state index contributed by atoms with van der Waals surface area (Å²) in [6.07, 6.45) is 2.19. The predicted octanol–water partition coefficient (Wildman–Crippen LogP) is 10.9. The Labute approximate surface area is 282 Å². The van der Waals surface area contributed by atoms with Crippen molar-refractivity contribution in [2.24, 2.45) is 0 Å². The van der Waals surface area contributed by atoms with Crippen molar-refractivity contribution < 1.29 is 0 Å². The Morgan fingerprint density at radius 1 is 0.449 bits per heavy atom. The van der Waals surface area contributed by atoms with Crippen molar-refractivity contribution in [1.29, 1.82) is 0 Å². The molecule has 5 heteroatoms. The first-order chi connectivity index (χ1) is 24.2. The van der Waals surface area contributed by atoms with Crippen molar-refractivity contribution in [3.8, 4) is 34.4 Å². The fourth-order valence-corrected chi connectivity index (χ4v) is 7.46. The number of aryl methyl sites for hydroxylation is 1. The van der Waals surface area contributed by atoms with E-state index in [2.05, 4.69) is 138 Å². The minimum atomic E-state index is 0.590. The van der Waals surface area contributed by atoms with E-state index in [1.165, 1.54) is 54.5 Å². The van der Waals surface area contributed by atoms with Crippen LogP contribution in [-0.2, 0) is 0 Å². The van der Waals surface area contributed by atoms with Gasteiger partial charge in [0.1, 0.15) is 0 Å². The van der Waals surface area contributed by atoms with Gasteiger partial charge in [-0.1, -0.05) is 127 Å². The largest absolute Gasteiger partial charge is 0.316 e. The summed E-state index contributed by atoms with van der Waals surface area (Å²) < 4.78 is 4.56. The topological polar surface area (TPSA) is 48.5 Å². The summed E-state index contributed by atoms with van der Waals surface area (Å²) in [5, 5.41) is 8.38. The summed E-state index contributed by atoms with van der Waals surface area (Å²) in [4.78, 5) is 15.3. The third kappa shape index (κ3) is 4.22. The van der Waals surface area contributed by atoms with Gasteiger partial charge in [-0.3, -0.25) is 4.57 Å². The first-order valence-corrected chi connectivity index (χ1v) is 16.5. The molecule has 0 radical (unpaired) electrons. The van der Waals surface area contributed by atoms with E-state index in [4.69, 9.17) is 15.0 Å². The number of hydrogen-bond donors (Lipinski definition) is 0. The molecule has 0 bridgehead atoms. The fourth-order valence-electron chi connectivity index (χ4n) is 7.46. The number of benzene rings is 7. The molecule has 0 spiro atoms. The average Bonchev–Trinajstić information content (AvgIpc) is 3.75. The fraction of sp³-hybridized carbons (Fsp3) is 0.0227. The van der Waals surface area contributed by atoms with Crippen LogP contribution in [0.4, 0.5) is 0 Å². The molecule has 3 heterocycles. The molecule has 0 amide bonds. The van der Waals surface area contributed by atoms with Gasteiger partial charge in [0.2, 0.25) is 5.95 Å². The molecule has 230 valence electrons. The monoisotopic (exact) mass is 627 g/mol. The quantitative estimate of drug-likeness (QED) is 0.195. The minimum absolute atomic E-state index is 0.590. The molecule has 0 N–H and O–H groups in total. The molecule has 0 aliphatic carbocycles. The van der Waals surface area contributed by atoms with Gasteiger partial charge >= 0.3 is 0 Å². The van der Waals surface area contributed by atoms with Crippen LogP contribution in [0.25, 0.3) is 88.7 Å². The van der Waals surface area contributed by atoms with E-state index >= 15 is 0 Å². The van der Waals surface area contributed by atoms with E-state index in [0.717, 1.165) is 22.2 Å². The van der Waals surface area contributed by atoms with E-state index < -0.39 is 0 Å². The predicted molar refractivity (Wildman–Crippen MR) is 202 cm³/mol. The smallest absolute Gasteiger partial charge is 0.238 e. The molecule has 0 unspecified atom stereocenters. The Balaban J connectivity index is 1.35. The van der Waals surface area contributed by atoms with Gasteiger partial charge in [0, 0.05) is 44.6 Å². The third-order valence-electron chi connectivity index (χ3n) is 9.73. The van der Waals surface area contributed by atoms with Crippen LogP contribution in [0.5, 0.6) is 0 Å². The molecule has 0 saturated heterocycles. The van der Waals surface area contributed by atoms with Crippen LogP contribution in [0, 0.1) is 6.92 Å². The summed E-state index contributed by atoms with van der Waals surface area (Å²) in [5.74, 6) is 1.87. The maximum atomic E-state index is 5.17. The first kappa shape index (κ1) is 27.5. The van der Waals surface area contributed by atoms with Gasteiger partial charge in [0.25, 0.3) is 0 Å². The number of aromatic nitrogens is 5. The van der Waals surface area contributed by atoms with Crippen LogP contribution in [0.1, 0.15) is 5.56 Å². The summed E-state index contributed by atoms with van der Waals surface area (Å²) in [6, 6.07) is 53.2. The highest BCUT2D eigenvalue weighted by atomic mass is 15.2. The van der Waals surface area contributed by atoms with Crippen LogP contribution in [0.3, 0.4) is 0 Å².